The molecule has 0 aliphatic rings. The van der Waals surface area contributed by atoms with Crippen LogP contribution < -0.4 is 0 Å². The predicted molar refractivity (Wildman–Crippen MR) is 48.9 cm³/mol. The third-order valence-electron chi connectivity index (χ3n) is 1.52. The molecule has 4 heteroatoms. The monoisotopic (exact) mass is 224 g/mol. The molecule has 0 atom stereocenters. The van der Waals surface area contributed by atoms with E-state index in [0.29, 0.717) is 0 Å². The number of hydrogen-bond acceptors (Lipinski definition) is 3. The van der Waals surface area contributed by atoms with Crippen LogP contribution in [0.2, 0.25) is 0 Å². The molecule has 2 aromatic heterocycles. The minimum absolute atomic E-state index is 0.00248. The fraction of sp³-hybridized carbons (Fsp3) is 0. The first-order chi connectivity index (χ1) is 5.75. The maximum atomic E-state index is 9.04. The highest BCUT2D eigenvalue weighted by Crippen LogP contribution is 2.18. The molecule has 1 N–H and O–H groups in total. The zero-order chi connectivity index (χ0) is 8.55. The fourth-order valence-electron chi connectivity index (χ4n) is 0.985. The van der Waals surface area contributed by atoms with E-state index in [1.807, 2.05) is 6.07 Å². The molecule has 2 rings (SSSR count). The van der Waals surface area contributed by atoms with Gasteiger partial charge in [0.25, 0.3) is 0 Å². The van der Waals surface area contributed by atoms with E-state index in [1.54, 1.807) is 12.4 Å². The van der Waals surface area contributed by atoms with Crippen LogP contribution >= 0.6 is 15.9 Å². The summed E-state index contributed by atoms with van der Waals surface area (Å²) < 4.78 is 0.905. The molecule has 2 aromatic rings. The topological polar surface area (TPSA) is 46.0 Å². The van der Waals surface area contributed by atoms with Crippen LogP contribution in [-0.2, 0) is 0 Å². The van der Waals surface area contributed by atoms with Gasteiger partial charge in [-0.15, -0.1) is 0 Å². The second-order valence-corrected chi connectivity index (χ2v) is 3.30. The minimum Gasteiger partial charge on any atom is -0.493 e. The van der Waals surface area contributed by atoms with Crippen LogP contribution in [-0.4, -0.2) is 15.1 Å². The molecule has 0 unspecified atom stereocenters. The van der Waals surface area contributed by atoms with Gasteiger partial charge >= 0.3 is 0 Å². The lowest BCUT2D eigenvalue weighted by Crippen LogP contribution is -1.80. The third-order valence-corrected chi connectivity index (χ3v) is 1.95. The summed E-state index contributed by atoms with van der Waals surface area (Å²) in [6.07, 6.45) is 3.27. The van der Waals surface area contributed by atoms with Crippen molar-refractivity contribution < 1.29 is 5.11 Å². The Morgan fingerprint density at radius 2 is 2.00 bits per heavy atom. The molecule has 0 saturated carbocycles. The number of pyridine rings is 2. The lowest BCUT2D eigenvalue weighted by molar-refractivity contribution is 0.454. The van der Waals surface area contributed by atoms with Crippen LogP contribution in [0.1, 0.15) is 0 Å². The highest BCUT2D eigenvalue weighted by Gasteiger charge is 1.97. The van der Waals surface area contributed by atoms with Gasteiger partial charge in [-0.25, -0.2) is 4.98 Å². The van der Waals surface area contributed by atoms with Gasteiger partial charge < -0.3 is 5.11 Å². The molecule has 0 aliphatic heterocycles. The summed E-state index contributed by atoms with van der Waals surface area (Å²) in [5.74, 6) is -0.00248. The van der Waals surface area contributed by atoms with Crippen LogP contribution in [0.5, 0.6) is 5.88 Å². The van der Waals surface area contributed by atoms with Gasteiger partial charge in [0, 0.05) is 28.3 Å². The van der Waals surface area contributed by atoms with E-state index < -0.39 is 0 Å². The van der Waals surface area contributed by atoms with Gasteiger partial charge in [0.15, 0.2) is 0 Å². The summed E-state index contributed by atoms with van der Waals surface area (Å²) in [6.45, 7) is 0. The van der Waals surface area contributed by atoms with Gasteiger partial charge in [0.05, 0.1) is 5.52 Å². The molecule has 0 radical (unpaired) electrons. The standard InChI is InChI=1S/C8H5BrN2O/c9-6-1-5-3-11-8(12)2-7(5)10-4-6/h1-4H,(H,11,12). The van der Waals surface area contributed by atoms with Crippen molar-refractivity contribution in [2.75, 3.05) is 0 Å². The van der Waals surface area contributed by atoms with Crippen molar-refractivity contribution >= 4 is 26.8 Å². The van der Waals surface area contributed by atoms with Gasteiger partial charge in [-0.2, -0.15) is 0 Å². The van der Waals surface area contributed by atoms with Crippen LogP contribution in [0.3, 0.4) is 0 Å². The average molecular weight is 225 g/mol. The normalized spacial score (nSPS) is 10.4. The first-order valence-electron chi connectivity index (χ1n) is 3.36. The number of aromatic hydroxyl groups is 1. The molecule has 0 saturated heterocycles. The number of halogens is 1. The highest BCUT2D eigenvalue weighted by atomic mass is 79.9. The molecular formula is C8H5BrN2O. The second kappa shape index (κ2) is 2.71. The number of fused-ring (bicyclic) bond motifs is 1. The van der Waals surface area contributed by atoms with Crippen molar-refractivity contribution in [3.63, 3.8) is 0 Å². The van der Waals surface area contributed by atoms with E-state index in [-0.39, 0.29) is 5.88 Å². The molecule has 0 aliphatic carbocycles. The summed E-state index contributed by atoms with van der Waals surface area (Å²) in [6, 6.07) is 3.43. The predicted octanol–water partition coefficient (Wildman–Crippen LogP) is 2.10. The molecule has 3 nitrogen and oxygen atoms in total. The average Bonchev–Trinajstić information content (AvgIpc) is 2.05. The zero-order valence-electron chi connectivity index (χ0n) is 6.03. The van der Waals surface area contributed by atoms with E-state index in [9.17, 15) is 0 Å². The lowest BCUT2D eigenvalue weighted by Gasteiger charge is -1.96. The molecule has 0 spiro atoms. The number of hydrogen-bond donors (Lipinski definition) is 1. The van der Waals surface area contributed by atoms with E-state index in [0.717, 1.165) is 15.4 Å². The zero-order valence-corrected chi connectivity index (χ0v) is 7.62. The van der Waals surface area contributed by atoms with Crippen molar-refractivity contribution in [3.8, 4) is 5.88 Å². The summed E-state index contributed by atoms with van der Waals surface area (Å²) >= 11 is 3.30. The van der Waals surface area contributed by atoms with Crippen molar-refractivity contribution in [1.82, 2.24) is 9.97 Å². The Kier molecular flexibility index (Phi) is 1.69. The van der Waals surface area contributed by atoms with E-state index in [2.05, 4.69) is 25.9 Å². The molecule has 0 bridgehead atoms. The summed E-state index contributed by atoms with van der Waals surface area (Å²) in [5.41, 5.74) is 0.741. The van der Waals surface area contributed by atoms with Gasteiger partial charge in [-0.1, -0.05) is 0 Å². The maximum absolute atomic E-state index is 9.04. The van der Waals surface area contributed by atoms with Gasteiger partial charge in [0.1, 0.15) is 0 Å². The molecular weight excluding hydrogens is 220 g/mol. The number of aromatic nitrogens is 2. The van der Waals surface area contributed by atoms with Crippen molar-refractivity contribution in [2.45, 2.75) is 0 Å². The van der Waals surface area contributed by atoms with Crippen LogP contribution in [0.4, 0.5) is 0 Å². The first-order valence-corrected chi connectivity index (χ1v) is 4.15. The highest BCUT2D eigenvalue weighted by molar-refractivity contribution is 9.10. The second-order valence-electron chi connectivity index (χ2n) is 2.39. The molecule has 60 valence electrons. The van der Waals surface area contributed by atoms with Gasteiger partial charge in [-0.05, 0) is 22.0 Å². The number of rotatable bonds is 0. The third kappa shape index (κ3) is 1.25. The van der Waals surface area contributed by atoms with Crippen LogP contribution in [0.15, 0.2) is 29.0 Å². The summed E-state index contributed by atoms with van der Waals surface area (Å²) in [5, 5.41) is 9.94. The van der Waals surface area contributed by atoms with Crippen LogP contribution in [0.25, 0.3) is 10.9 Å². The van der Waals surface area contributed by atoms with Crippen molar-refractivity contribution in [3.05, 3.63) is 29.0 Å². The van der Waals surface area contributed by atoms with Crippen LogP contribution in [0, 0.1) is 0 Å². The van der Waals surface area contributed by atoms with Gasteiger partial charge in [0.2, 0.25) is 5.88 Å². The quantitative estimate of drug-likeness (QED) is 0.746. The Hall–Kier alpha value is -1.16. The number of nitrogens with zero attached hydrogens (tertiary/aromatic N) is 2. The molecule has 0 amide bonds. The fourth-order valence-corrected chi connectivity index (χ4v) is 1.33. The SMILES string of the molecule is Oc1cc2ncc(Br)cc2cn1. The molecule has 12 heavy (non-hydrogen) atoms. The minimum atomic E-state index is -0.00248. The Morgan fingerprint density at radius 1 is 1.17 bits per heavy atom. The Bertz CT molecular complexity index is 389. The van der Waals surface area contributed by atoms with E-state index in [1.165, 1.54) is 6.07 Å². The largest absolute Gasteiger partial charge is 0.493 e. The van der Waals surface area contributed by atoms with Crippen molar-refractivity contribution in [1.29, 1.82) is 0 Å². The lowest BCUT2D eigenvalue weighted by atomic mass is 10.3. The van der Waals surface area contributed by atoms with Crippen molar-refractivity contribution in [2.24, 2.45) is 0 Å². The Labute approximate surface area is 77.2 Å². The molecule has 2 heterocycles. The molecule has 0 fully saturated rings. The maximum Gasteiger partial charge on any atom is 0.212 e. The first kappa shape index (κ1) is 7.49. The summed E-state index contributed by atoms with van der Waals surface area (Å²) in [7, 11) is 0. The Balaban J connectivity index is 2.79. The van der Waals surface area contributed by atoms with Gasteiger partial charge in [-0.3, -0.25) is 4.98 Å². The molecule has 0 aromatic carbocycles. The summed E-state index contributed by atoms with van der Waals surface area (Å²) in [4.78, 5) is 7.84. The smallest absolute Gasteiger partial charge is 0.212 e. The Morgan fingerprint density at radius 3 is 2.83 bits per heavy atom. The van der Waals surface area contributed by atoms with E-state index in [4.69, 9.17) is 5.11 Å². The van der Waals surface area contributed by atoms with E-state index >= 15 is 0 Å².